The van der Waals surface area contributed by atoms with Crippen LogP contribution in [0.25, 0.3) is 17.0 Å². The average molecular weight is 392 g/mol. The Kier molecular flexibility index (Phi) is 4.75. The SMILES string of the molecule is COC(=O)c1ccc(Cn2ccc3c(C=C4SC(=O)NC4=O)cccc32)cc1. The van der Waals surface area contributed by atoms with E-state index >= 15 is 0 Å². The Morgan fingerprint density at radius 3 is 2.61 bits per heavy atom. The standard InChI is InChI=1S/C21H16N2O4S/c1-27-20(25)14-7-5-13(6-8-14)12-23-10-9-16-15(3-2-4-17(16)23)11-18-19(24)22-21(26)28-18/h2-11H,12H2,1H3,(H,22,24,26). The molecule has 0 aliphatic carbocycles. The van der Waals surface area contributed by atoms with Gasteiger partial charge in [-0.05, 0) is 53.2 Å². The predicted octanol–water partition coefficient (Wildman–Crippen LogP) is 3.80. The molecule has 0 radical (unpaired) electrons. The summed E-state index contributed by atoms with van der Waals surface area (Å²) in [6.45, 7) is 0.638. The van der Waals surface area contributed by atoms with Crippen LogP contribution in [0, 0.1) is 0 Å². The zero-order valence-electron chi connectivity index (χ0n) is 15.0. The largest absolute Gasteiger partial charge is 0.465 e. The molecule has 0 atom stereocenters. The molecule has 28 heavy (non-hydrogen) atoms. The number of nitrogens with one attached hydrogen (secondary N) is 1. The van der Waals surface area contributed by atoms with E-state index in [9.17, 15) is 14.4 Å². The second kappa shape index (κ2) is 7.36. The van der Waals surface area contributed by atoms with Crippen LogP contribution in [0.2, 0.25) is 0 Å². The number of methoxy groups -OCH3 is 1. The Morgan fingerprint density at radius 1 is 1.14 bits per heavy atom. The first-order valence-corrected chi connectivity index (χ1v) is 9.37. The van der Waals surface area contributed by atoms with Crippen LogP contribution in [0.5, 0.6) is 0 Å². The third-order valence-corrected chi connectivity index (χ3v) is 5.31. The summed E-state index contributed by atoms with van der Waals surface area (Å²) in [5.74, 6) is -0.722. The van der Waals surface area contributed by atoms with Crippen molar-refractivity contribution in [3.63, 3.8) is 0 Å². The lowest BCUT2D eigenvalue weighted by Gasteiger charge is -2.07. The maximum absolute atomic E-state index is 11.8. The number of amides is 2. The van der Waals surface area contributed by atoms with Crippen LogP contribution >= 0.6 is 11.8 Å². The molecule has 4 rings (SSSR count). The summed E-state index contributed by atoms with van der Waals surface area (Å²) in [4.78, 5) is 35.1. The molecule has 140 valence electrons. The number of esters is 1. The van der Waals surface area contributed by atoms with Crippen LogP contribution in [-0.4, -0.2) is 28.8 Å². The van der Waals surface area contributed by atoms with Gasteiger partial charge in [0.15, 0.2) is 0 Å². The zero-order chi connectivity index (χ0) is 19.7. The monoisotopic (exact) mass is 392 g/mol. The molecular formula is C21H16N2O4S. The van der Waals surface area contributed by atoms with Crippen LogP contribution in [0.4, 0.5) is 4.79 Å². The quantitative estimate of drug-likeness (QED) is 0.540. The Morgan fingerprint density at radius 2 is 1.93 bits per heavy atom. The Balaban J connectivity index is 1.63. The van der Waals surface area contributed by atoms with E-state index in [4.69, 9.17) is 4.74 Å². The molecule has 0 spiro atoms. The van der Waals surface area contributed by atoms with Gasteiger partial charge in [0.05, 0.1) is 17.6 Å². The number of ether oxygens (including phenoxy) is 1. The van der Waals surface area contributed by atoms with Gasteiger partial charge in [-0.2, -0.15) is 0 Å². The summed E-state index contributed by atoms with van der Waals surface area (Å²) >= 11 is 0.909. The fraction of sp³-hybridized carbons (Fsp3) is 0.0952. The molecule has 1 aliphatic heterocycles. The summed E-state index contributed by atoms with van der Waals surface area (Å²) < 4.78 is 6.82. The number of fused-ring (bicyclic) bond motifs is 1. The minimum absolute atomic E-state index is 0.351. The van der Waals surface area contributed by atoms with Crippen molar-refractivity contribution in [2.75, 3.05) is 7.11 Å². The first-order chi connectivity index (χ1) is 13.5. The summed E-state index contributed by atoms with van der Waals surface area (Å²) in [5, 5.41) is 2.91. The van der Waals surface area contributed by atoms with Crippen LogP contribution in [-0.2, 0) is 16.1 Å². The van der Waals surface area contributed by atoms with Crippen LogP contribution in [0.1, 0.15) is 21.5 Å². The predicted molar refractivity (Wildman–Crippen MR) is 108 cm³/mol. The smallest absolute Gasteiger partial charge is 0.337 e. The first-order valence-electron chi connectivity index (χ1n) is 8.55. The van der Waals surface area contributed by atoms with Crippen LogP contribution < -0.4 is 5.32 Å². The number of thioether (sulfide) groups is 1. The molecule has 1 N–H and O–H groups in total. The highest BCUT2D eigenvalue weighted by Gasteiger charge is 2.25. The molecule has 7 heteroatoms. The molecule has 2 amide bonds. The van der Waals surface area contributed by atoms with Crippen molar-refractivity contribution in [2.45, 2.75) is 6.54 Å². The maximum Gasteiger partial charge on any atom is 0.337 e. The van der Waals surface area contributed by atoms with E-state index in [2.05, 4.69) is 9.88 Å². The Hall–Kier alpha value is -3.32. The highest BCUT2D eigenvalue weighted by molar-refractivity contribution is 8.18. The lowest BCUT2D eigenvalue weighted by atomic mass is 10.1. The second-order valence-electron chi connectivity index (χ2n) is 6.26. The summed E-state index contributed by atoms with van der Waals surface area (Å²) in [6, 6.07) is 15.1. The highest BCUT2D eigenvalue weighted by Crippen LogP contribution is 2.29. The van der Waals surface area contributed by atoms with Crippen molar-refractivity contribution >= 4 is 45.9 Å². The number of hydrogen-bond acceptors (Lipinski definition) is 5. The second-order valence-corrected chi connectivity index (χ2v) is 7.28. The molecule has 6 nitrogen and oxygen atoms in total. The van der Waals surface area contributed by atoms with Crippen molar-refractivity contribution in [2.24, 2.45) is 0 Å². The molecule has 0 bridgehead atoms. The molecular weight excluding hydrogens is 376 g/mol. The van der Waals surface area contributed by atoms with Crippen molar-refractivity contribution in [1.29, 1.82) is 0 Å². The minimum Gasteiger partial charge on any atom is -0.465 e. The van der Waals surface area contributed by atoms with E-state index in [0.717, 1.165) is 33.8 Å². The van der Waals surface area contributed by atoms with Gasteiger partial charge in [0.1, 0.15) is 0 Å². The lowest BCUT2D eigenvalue weighted by Crippen LogP contribution is -2.17. The highest BCUT2D eigenvalue weighted by atomic mass is 32.2. The van der Waals surface area contributed by atoms with Gasteiger partial charge in [-0.1, -0.05) is 24.3 Å². The van der Waals surface area contributed by atoms with Gasteiger partial charge in [-0.3, -0.25) is 14.9 Å². The normalized spacial score (nSPS) is 15.2. The van der Waals surface area contributed by atoms with E-state index in [1.165, 1.54) is 7.11 Å². The molecule has 2 aromatic carbocycles. The van der Waals surface area contributed by atoms with E-state index in [1.54, 1.807) is 18.2 Å². The van der Waals surface area contributed by atoms with Crippen LogP contribution in [0.15, 0.2) is 59.6 Å². The molecule has 1 aliphatic rings. The maximum atomic E-state index is 11.8. The molecule has 1 saturated heterocycles. The number of nitrogens with zero attached hydrogens (tertiary/aromatic N) is 1. The Labute approximate surface area is 165 Å². The van der Waals surface area contributed by atoms with Gasteiger partial charge in [-0.25, -0.2) is 4.79 Å². The lowest BCUT2D eigenvalue weighted by molar-refractivity contribution is -0.115. The van der Waals surface area contributed by atoms with Crippen molar-refractivity contribution < 1.29 is 19.1 Å². The third-order valence-electron chi connectivity index (χ3n) is 4.50. The summed E-state index contributed by atoms with van der Waals surface area (Å²) in [7, 11) is 1.36. The average Bonchev–Trinajstić information content (AvgIpc) is 3.25. The topological polar surface area (TPSA) is 77.4 Å². The van der Waals surface area contributed by atoms with E-state index < -0.39 is 0 Å². The van der Waals surface area contributed by atoms with Gasteiger partial charge in [-0.15, -0.1) is 0 Å². The fourth-order valence-electron chi connectivity index (χ4n) is 3.13. The van der Waals surface area contributed by atoms with E-state index in [-0.39, 0.29) is 17.1 Å². The molecule has 1 aromatic heterocycles. The molecule has 2 heterocycles. The van der Waals surface area contributed by atoms with Crippen LogP contribution in [0.3, 0.4) is 0 Å². The summed E-state index contributed by atoms with van der Waals surface area (Å²) in [5.41, 5.74) is 3.45. The van der Waals surface area contributed by atoms with Gasteiger partial charge in [0.25, 0.3) is 11.1 Å². The molecule has 3 aromatic rings. The summed E-state index contributed by atoms with van der Waals surface area (Å²) in [6.07, 6.45) is 3.72. The van der Waals surface area contributed by atoms with E-state index in [0.29, 0.717) is 17.0 Å². The third kappa shape index (κ3) is 3.44. The minimum atomic E-state index is -0.364. The van der Waals surface area contributed by atoms with Gasteiger partial charge in [0.2, 0.25) is 0 Å². The van der Waals surface area contributed by atoms with Gasteiger partial charge < -0.3 is 9.30 Å². The van der Waals surface area contributed by atoms with Gasteiger partial charge in [0, 0.05) is 23.6 Å². The molecule has 0 saturated carbocycles. The number of rotatable bonds is 4. The van der Waals surface area contributed by atoms with Crippen molar-refractivity contribution in [3.8, 4) is 0 Å². The number of imide groups is 1. The number of aromatic nitrogens is 1. The molecule has 1 fully saturated rings. The van der Waals surface area contributed by atoms with Crippen molar-refractivity contribution in [1.82, 2.24) is 9.88 Å². The number of hydrogen-bond donors (Lipinski definition) is 1. The fourth-order valence-corrected chi connectivity index (χ4v) is 3.81. The van der Waals surface area contributed by atoms with Gasteiger partial charge >= 0.3 is 5.97 Å². The number of carbonyl (C=O) groups is 3. The van der Waals surface area contributed by atoms with Crippen molar-refractivity contribution in [3.05, 3.63) is 76.3 Å². The molecule has 0 unspecified atom stereocenters. The zero-order valence-corrected chi connectivity index (χ0v) is 15.8. The number of benzene rings is 2. The van der Waals surface area contributed by atoms with E-state index in [1.807, 2.05) is 42.6 Å². The number of carbonyl (C=O) groups excluding carboxylic acids is 3. The first kappa shape index (κ1) is 18.1. The Bertz CT molecular complexity index is 1130.